The van der Waals surface area contributed by atoms with Crippen molar-refractivity contribution in [2.45, 2.75) is 52.0 Å². The monoisotopic (exact) mass is 244 g/mol. The van der Waals surface area contributed by atoms with E-state index in [2.05, 4.69) is 63.3 Å². The highest BCUT2D eigenvalue weighted by atomic mass is 14.9. The molecule has 0 aliphatic rings. The topological polar surface area (TPSA) is 35.8 Å². The van der Waals surface area contributed by atoms with Gasteiger partial charge in [0.25, 0.3) is 0 Å². The molecule has 0 aliphatic carbocycles. The Morgan fingerprint density at radius 1 is 1.17 bits per heavy atom. The van der Waals surface area contributed by atoms with Crippen LogP contribution in [0.25, 0.3) is 0 Å². The Morgan fingerprint density at radius 3 is 2.17 bits per heavy atom. The van der Waals surface area contributed by atoms with Gasteiger partial charge in [-0.15, -0.1) is 0 Å². The molecule has 1 atom stereocenters. The lowest BCUT2D eigenvalue weighted by Crippen LogP contribution is -2.37. The number of hydrogen-bond donors (Lipinski definition) is 1. The summed E-state index contributed by atoms with van der Waals surface area (Å²) in [4.78, 5) is 0. The molecule has 0 saturated carbocycles. The minimum absolute atomic E-state index is 0.0423. The van der Waals surface area contributed by atoms with E-state index in [1.165, 1.54) is 11.1 Å². The lowest BCUT2D eigenvalue weighted by atomic mass is 9.83. The Morgan fingerprint density at radius 2 is 1.72 bits per heavy atom. The molecule has 1 unspecified atom stereocenters. The zero-order valence-electron chi connectivity index (χ0n) is 12.1. The minimum Gasteiger partial charge on any atom is -0.301 e. The van der Waals surface area contributed by atoms with Gasteiger partial charge in [0, 0.05) is 12.0 Å². The average Bonchev–Trinajstić information content (AvgIpc) is 2.36. The van der Waals surface area contributed by atoms with E-state index in [1.54, 1.807) is 0 Å². The molecule has 98 valence electrons. The van der Waals surface area contributed by atoms with Crippen molar-refractivity contribution < 1.29 is 0 Å². The van der Waals surface area contributed by atoms with Gasteiger partial charge >= 0.3 is 0 Å². The third-order valence-corrected chi connectivity index (χ3v) is 3.40. The molecule has 2 heteroatoms. The summed E-state index contributed by atoms with van der Waals surface area (Å²) in [7, 11) is 0. The molecule has 2 nitrogen and oxygen atoms in total. The molecule has 1 aromatic carbocycles. The number of hydrogen-bond acceptors (Lipinski definition) is 2. The van der Waals surface area contributed by atoms with Crippen LogP contribution < -0.4 is 5.32 Å². The molecule has 1 aromatic rings. The van der Waals surface area contributed by atoms with Crippen molar-refractivity contribution in [2.24, 2.45) is 0 Å². The Hall–Kier alpha value is -1.33. The molecule has 0 aromatic heterocycles. The quantitative estimate of drug-likeness (QED) is 0.859. The van der Waals surface area contributed by atoms with Crippen LogP contribution in [0.1, 0.15) is 51.7 Å². The highest BCUT2D eigenvalue weighted by Crippen LogP contribution is 2.24. The molecule has 0 fully saturated rings. The Balaban J connectivity index is 2.75. The fraction of sp³-hybridized carbons (Fsp3) is 0.562. The highest BCUT2D eigenvalue weighted by Gasteiger charge is 2.21. The van der Waals surface area contributed by atoms with Crippen molar-refractivity contribution in [3.05, 3.63) is 35.4 Å². The summed E-state index contributed by atoms with van der Waals surface area (Å²) in [5.41, 5.74) is 2.72. The van der Waals surface area contributed by atoms with Gasteiger partial charge in [-0.1, -0.05) is 52.0 Å². The molecular weight excluding hydrogens is 220 g/mol. The van der Waals surface area contributed by atoms with Crippen molar-refractivity contribution in [3.8, 4) is 6.07 Å². The summed E-state index contributed by atoms with van der Waals surface area (Å²) < 4.78 is 0. The SMILES string of the molecule is CC(C#N)NCC(C)(C)c1ccc(C(C)C)cc1. The van der Waals surface area contributed by atoms with Crippen LogP contribution in [-0.4, -0.2) is 12.6 Å². The van der Waals surface area contributed by atoms with E-state index in [0.717, 1.165) is 6.54 Å². The standard InChI is InChI=1S/C16H24N2/c1-12(2)14-6-8-15(9-7-14)16(4,5)11-18-13(3)10-17/h6-9,12-13,18H,11H2,1-5H3. The van der Waals surface area contributed by atoms with Gasteiger partial charge < -0.3 is 5.32 Å². The molecule has 0 amide bonds. The zero-order valence-corrected chi connectivity index (χ0v) is 12.1. The number of benzene rings is 1. The fourth-order valence-electron chi connectivity index (χ4n) is 1.88. The van der Waals surface area contributed by atoms with Crippen LogP contribution in [0.4, 0.5) is 0 Å². The maximum atomic E-state index is 8.79. The molecule has 1 rings (SSSR count). The maximum absolute atomic E-state index is 8.79. The van der Waals surface area contributed by atoms with E-state index in [1.807, 2.05) is 6.92 Å². The summed E-state index contributed by atoms with van der Waals surface area (Å²) >= 11 is 0. The van der Waals surface area contributed by atoms with Crippen LogP contribution in [-0.2, 0) is 5.41 Å². The Bertz CT molecular complexity index is 410. The van der Waals surface area contributed by atoms with Crippen LogP contribution in [0.3, 0.4) is 0 Å². The smallest absolute Gasteiger partial charge is 0.0924 e. The summed E-state index contributed by atoms with van der Waals surface area (Å²) in [6.07, 6.45) is 0. The van der Waals surface area contributed by atoms with Crippen molar-refractivity contribution in [1.82, 2.24) is 5.32 Å². The summed E-state index contributed by atoms with van der Waals surface area (Å²) in [5, 5.41) is 12.0. The van der Waals surface area contributed by atoms with E-state index in [4.69, 9.17) is 5.26 Å². The van der Waals surface area contributed by atoms with E-state index >= 15 is 0 Å². The van der Waals surface area contributed by atoms with Gasteiger partial charge in [0.05, 0.1) is 12.1 Å². The highest BCUT2D eigenvalue weighted by molar-refractivity contribution is 5.30. The van der Waals surface area contributed by atoms with Gasteiger partial charge in [-0.3, -0.25) is 0 Å². The van der Waals surface area contributed by atoms with Crippen LogP contribution >= 0.6 is 0 Å². The van der Waals surface area contributed by atoms with Gasteiger partial charge in [-0.2, -0.15) is 5.26 Å². The fourth-order valence-corrected chi connectivity index (χ4v) is 1.88. The third-order valence-electron chi connectivity index (χ3n) is 3.40. The van der Waals surface area contributed by atoms with Gasteiger partial charge in [-0.25, -0.2) is 0 Å². The normalized spacial score (nSPS) is 13.4. The van der Waals surface area contributed by atoms with Gasteiger partial charge in [0.2, 0.25) is 0 Å². The summed E-state index contributed by atoms with van der Waals surface area (Å²) in [6.45, 7) is 11.5. The van der Waals surface area contributed by atoms with Crippen molar-refractivity contribution in [3.63, 3.8) is 0 Å². The van der Waals surface area contributed by atoms with Crippen molar-refractivity contribution in [2.75, 3.05) is 6.54 Å². The number of rotatable bonds is 5. The lowest BCUT2D eigenvalue weighted by Gasteiger charge is -2.27. The molecule has 0 heterocycles. The Labute approximate surface area is 111 Å². The molecule has 0 radical (unpaired) electrons. The van der Waals surface area contributed by atoms with Gasteiger partial charge in [-0.05, 0) is 24.0 Å². The van der Waals surface area contributed by atoms with Gasteiger partial charge in [0.15, 0.2) is 0 Å². The first-order chi connectivity index (χ1) is 8.36. The minimum atomic E-state index is -0.0980. The van der Waals surface area contributed by atoms with Crippen LogP contribution in [0.5, 0.6) is 0 Å². The molecular formula is C16H24N2. The third kappa shape index (κ3) is 3.85. The first-order valence-electron chi connectivity index (χ1n) is 6.60. The number of nitrogens with zero attached hydrogens (tertiary/aromatic N) is 1. The second-order valence-electron chi connectivity index (χ2n) is 5.89. The predicted molar refractivity (Wildman–Crippen MR) is 76.6 cm³/mol. The largest absolute Gasteiger partial charge is 0.301 e. The van der Waals surface area contributed by atoms with Crippen molar-refractivity contribution >= 4 is 0 Å². The second-order valence-corrected chi connectivity index (χ2v) is 5.89. The van der Waals surface area contributed by atoms with E-state index in [9.17, 15) is 0 Å². The Kier molecular flexibility index (Phi) is 4.93. The molecule has 0 saturated heterocycles. The van der Waals surface area contributed by atoms with E-state index < -0.39 is 0 Å². The van der Waals surface area contributed by atoms with Crippen LogP contribution in [0, 0.1) is 11.3 Å². The molecule has 0 aliphatic heterocycles. The van der Waals surface area contributed by atoms with Gasteiger partial charge in [0.1, 0.15) is 0 Å². The first-order valence-corrected chi connectivity index (χ1v) is 6.60. The second kappa shape index (κ2) is 6.02. The zero-order chi connectivity index (χ0) is 13.8. The summed E-state index contributed by atoms with van der Waals surface area (Å²) in [5.74, 6) is 0.568. The van der Waals surface area contributed by atoms with Crippen LogP contribution in [0.15, 0.2) is 24.3 Å². The average molecular weight is 244 g/mol. The molecule has 18 heavy (non-hydrogen) atoms. The maximum Gasteiger partial charge on any atom is 0.0924 e. The predicted octanol–water partition coefficient (Wildman–Crippen LogP) is 3.59. The van der Waals surface area contributed by atoms with Crippen molar-refractivity contribution in [1.29, 1.82) is 5.26 Å². The van der Waals surface area contributed by atoms with E-state index in [-0.39, 0.29) is 11.5 Å². The molecule has 0 spiro atoms. The number of nitrogens with one attached hydrogen (secondary N) is 1. The summed E-state index contributed by atoms with van der Waals surface area (Å²) in [6, 6.07) is 10.9. The molecule has 0 bridgehead atoms. The van der Waals surface area contributed by atoms with E-state index in [0.29, 0.717) is 5.92 Å². The molecule has 1 N–H and O–H groups in total. The lowest BCUT2D eigenvalue weighted by molar-refractivity contribution is 0.457. The number of nitriles is 1. The van der Waals surface area contributed by atoms with Crippen LogP contribution in [0.2, 0.25) is 0 Å². The first kappa shape index (κ1) is 14.7.